The van der Waals surface area contributed by atoms with E-state index in [1.165, 1.54) is 61.2 Å². The third-order valence-corrected chi connectivity index (χ3v) is 15.8. The van der Waals surface area contributed by atoms with E-state index in [0.717, 1.165) is 62.5 Å². The van der Waals surface area contributed by atoms with Gasteiger partial charge in [-0.25, -0.2) is 0 Å². The van der Waals surface area contributed by atoms with Gasteiger partial charge in [-0.3, -0.25) is 0 Å². The van der Waals surface area contributed by atoms with Crippen LogP contribution < -0.4 is 9.80 Å². The Hall–Kier alpha value is -7.62. The zero-order valence-corrected chi connectivity index (χ0v) is 40.6. The largest absolute Gasteiger partial charge is 0.456 e. The van der Waals surface area contributed by atoms with Crippen molar-refractivity contribution in [3.05, 3.63) is 239 Å². The van der Waals surface area contributed by atoms with Gasteiger partial charge in [0.25, 0.3) is 0 Å². The van der Waals surface area contributed by atoms with Gasteiger partial charge in [-0.05, 0) is 169 Å². The van der Waals surface area contributed by atoms with Crippen LogP contribution in [0, 0.1) is 0 Å². The second kappa shape index (κ2) is 14.7. The molecule has 0 N–H and O–H groups in total. The Morgan fingerprint density at radius 2 is 0.841 bits per heavy atom. The molecule has 3 aliphatic rings. The molecule has 0 fully saturated rings. The van der Waals surface area contributed by atoms with Crippen molar-refractivity contribution >= 4 is 56.1 Å². The maximum Gasteiger partial charge on any atom is 0.135 e. The molecule has 13 rings (SSSR count). The summed E-state index contributed by atoms with van der Waals surface area (Å²) in [5.74, 6) is 0. The van der Waals surface area contributed by atoms with Gasteiger partial charge in [0.1, 0.15) is 11.2 Å². The van der Waals surface area contributed by atoms with Crippen LogP contribution in [-0.2, 0) is 21.7 Å². The summed E-state index contributed by atoms with van der Waals surface area (Å²) in [6.45, 7) is 16.8. The number of anilines is 6. The predicted octanol–water partition coefficient (Wildman–Crippen LogP) is 18.1. The standard InChI is InChI=1S/C66H56N2O/c1-63(2,3)42-22-31-51-52-32-23-43-37-59(52)66(58(51)36-42)57-34-29-49(39-55(57)53-33-24-44(38-60(53)66)65(6,7)41-64(43,4)5)68(50-30-35-62-56(40-50)54-20-14-15-21-61(54)69-62)48-27-25-47(26-28-48)67(45-16-10-8-11-17-45)46-18-12-9-13-19-46/h8-40H,41H2,1-7H3. The molecule has 1 aromatic heterocycles. The lowest BCUT2D eigenvalue weighted by molar-refractivity contribution is 0.348. The first kappa shape index (κ1) is 41.6. The zero-order valence-electron chi connectivity index (χ0n) is 40.6. The fourth-order valence-electron chi connectivity index (χ4n) is 12.6. The van der Waals surface area contributed by atoms with Crippen molar-refractivity contribution in [2.75, 3.05) is 9.80 Å². The number of para-hydroxylation sites is 3. The molecule has 0 amide bonds. The van der Waals surface area contributed by atoms with E-state index in [1.807, 2.05) is 6.07 Å². The van der Waals surface area contributed by atoms with Gasteiger partial charge in [-0.1, -0.05) is 164 Å². The highest BCUT2D eigenvalue weighted by atomic mass is 16.3. The highest BCUT2D eigenvalue weighted by molar-refractivity contribution is 6.07. The molecule has 336 valence electrons. The Labute approximate surface area is 406 Å². The van der Waals surface area contributed by atoms with E-state index in [-0.39, 0.29) is 16.2 Å². The van der Waals surface area contributed by atoms with E-state index in [4.69, 9.17) is 4.42 Å². The molecule has 1 unspecified atom stereocenters. The molecule has 4 bridgehead atoms. The molecular weight excluding hydrogens is 837 g/mol. The number of furan rings is 1. The van der Waals surface area contributed by atoms with E-state index in [0.29, 0.717) is 0 Å². The van der Waals surface area contributed by atoms with Gasteiger partial charge < -0.3 is 14.2 Å². The van der Waals surface area contributed by atoms with Crippen molar-refractivity contribution in [1.29, 1.82) is 0 Å². The molecule has 10 aromatic rings. The van der Waals surface area contributed by atoms with E-state index < -0.39 is 5.41 Å². The quantitative estimate of drug-likeness (QED) is 0.166. The lowest BCUT2D eigenvalue weighted by Gasteiger charge is -2.39. The Bertz CT molecular complexity index is 3630. The van der Waals surface area contributed by atoms with Crippen LogP contribution >= 0.6 is 0 Å². The molecule has 9 aromatic carbocycles. The number of benzene rings is 9. The Morgan fingerprint density at radius 1 is 0.377 bits per heavy atom. The fraction of sp³-hybridized carbons (Fsp3) is 0.182. The monoisotopic (exact) mass is 892 g/mol. The van der Waals surface area contributed by atoms with Crippen LogP contribution in [0.3, 0.4) is 0 Å². The van der Waals surface area contributed by atoms with Gasteiger partial charge in [0.15, 0.2) is 0 Å². The third-order valence-electron chi connectivity index (χ3n) is 15.8. The normalized spacial score (nSPS) is 16.9. The summed E-state index contributed by atoms with van der Waals surface area (Å²) < 4.78 is 6.40. The first-order chi connectivity index (χ1) is 33.3. The van der Waals surface area contributed by atoms with Gasteiger partial charge in [0.05, 0.1) is 5.41 Å². The highest BCUT2D eigenvalue weighted by Gasteiger charge is 2.53. The summed E-state index contributed by atoms with van der Waals surface area (Å²) in [7, 11) is 0. The molecule has 1 heterocycles. The molecular formula is C66H56N2O. The molecule has 0 aliphatic heterocycles. The van der Waals surface area contributed by atoms with Crippen LogP contribution in [0.2, 0.25) is 0 Å². The van der Waals surface area contributed by atoms with Crippen LogP contribution in [0.1, 0.15) is 93.8 Å². The summed E-state index contributed by atoms with van der Waals surface area (Å²) in [4.78, 5) is 4.76. The number of rotatable bonds is 6. The van der Waals surface area contributed by atoms with Crippen molar-refractivity contribution in [3.8, 4) is 22.3 Å². The maximum atomic E-state index is 6.40. The van der Waals surface area contributed by atoms with Crippen molar-refractivity contribution < 1.29 is 4.42 Å². The van der Waals surface area contributed by atoms with Gasteiger partial charge >= 0.3 is 0 Å². The minimum absolute atomic E-state index is 0.0156. The number of nitrogens with zero attached hydrogens (tertiary/aromatic N) is 2. The molecule has 0 saturated heterocycles. The van der Waals surface area contributed by atoms with Crippen molar-refractivity contribution in [1.82, 2.24) is 0 Å². The van der Waals surface area contributed by atoms with Gasteiger partial charge in [0, 0.05) is 44.9 Å². The van der Waals surface area contributed by atoms with Gasteiger partial charge in [0.2, 0.25) is 0 Å². The average molecular weight is 893 g/mol. The second-order valence-electron chi connectivity index (χ2n) is 22.1. The minimum Gasteiger partial charge on any atom is -0.456 e. The van der Waals surface area contributed by atoms with Crippen molar-refractivity contribution in [3.63, 3.8) is 0 Å². The smallest absolute Gasteiger partial charge is 0.135 e. The van der Waals surface area contributed by atoms with E-state index in [2.05, 4.69) is 252 Å². The Kier molecular flexibility index (Phi) is 8.85. The second-order valence-corrected chi connectivity index (χ2v) is 22.1. The minimum atomic E-state index is -0.482. The van der Waals surface area contributed by atoms with Crippen molar-refractivity contribution in [2.24, 2.45) is 0 Å². The average Bonchev–Trinajstić information content (AvgIpc) is 3.97. The molecule has 3 aliphatic carbocycles. The predicted molar refractivity (Wildman–Crippen MR) is 289 cm³/mol. The van der Waals surface area contributed by atoms with Crippen LogP contribution in [0.5, 0.6) is 0 Å². The highest BCUT2D eigenvalue weighted by Crippen LogP contribution is 2.65. The number of hydrogen-bond acceptors (Lipinski definition) is 3. The number of hydrogen-bond donors (Lipinski definition) is 0. The van der Waals surface area contributed by atoms with Crippen LogP contribution in [0.15, 0.2) is 205 Å². The molecule has 69 heavy (non-hydrogen) atoms. The first-order valence-electron chi connectivity index (χ1n) is 24.6. The van der Waals surface area contributed by atoms with Crippen LogP contribution in [0.4, 0.5) is 34.1 Å². The molecule has 1 atom stereocenters. The molecule has 0 radical (unpaired) electrons. The first-order valence-corrected chi connectivity index (χ1v) is 24.6. The number of fused-ring (bicyclic) bond motifs is 9. The van der Waals surface area contributed by atoms with Gasteiger partial charge in [-0.2, -0.15) is 0 Å². The summed E-state index contributed by atoms with van der Waals surface area (Å²) in [6.07, 6.45) is 1.04. The molecule has 0 saturated carbocycles. The topological polar surface area (TPSA) is 19.6 Å². The van der Waals surface area contributed by atoms with E-state index >= 15 is 0 Å². The van der Waals surface area contributed by atoms with E-state index in [9.17, 15) is 0 Å². The molecule has 1 spiro atoms. The Morgan fingerprint density at radius 3 is 1.45 bits per heavy atom. The molecule has 3 nitrogen and oxygen atoms in total. The lowest BCUT2D eigenvalue weighted by atomic mass is 9.64. The van der Waals surface area contributed by atoms with Crippen LogP contribution in [0.25, 0.3) is 44.2 Å². The van der Waals surface area contributed by atoms with E-state index in [1.54, 1.807) is 0 Å². The van der Waals surface area contributed by atoms with Crippen molar-refractivity contribution in [2.45, 2.75) is 76.5 Å². The summed E-state index contributed by atoms with van der Waals surface area (Å²) in [6, 6.07) is 75.0. The summed E-state index contributed by atoms with van der Waals surface area (Å²) in [5, 5.41) is 2.21. The van der Waals surface area contributed by atoms with Crippen LogP contribution in [-0.4, -0.2) is 0 Å². The summed E-state index contributed by atoms with van der Waals surface area (Å²) >= 11 is 0. The zero-order chi connectivity index (χ0) is 47.0. The SMILES string of the molecule is CC(C)(C)c1ccc2c(c1)C13c4ccc(N(c5ccc(N(c6ccccc6)c6ccccc6)cc5)c5ccc6oc7ccccc7c6c5)cc4-c4ccc(cc41)C(C)(C)CC(C)(C)c1ccc-2c3c1. The maximum absolute atomic E-state index is 6.40. The van der Waals surface area contributed by atoms with Gasteiger partial charge in [-0.15, -0.1) is 0 Å². The fourth-order valence-corrected chi connectivity index (χ4v) is 12.6. The third kappa shape index (κ3) is 6.19. The lowest BCUT2D eigenvalue weighted by Crippen LogP contribution is -2.33. The summed E-state index contributed by atoms with van der Waals surface area (Å²) in [5.41, 5.74) is 22.7. The Balaban J connectivity index is 1.05. The molecule has 3 heteroatoms.